The molecule has 1 aromatic rings. The molecule has 1 atom stereocenters. The summed E-state index contributed by atoms with van der Waals surface area (Å²) in [6, 6.07) is 5.51. The first-order chi connectivity index (χ1) is 9.47. The Balaban J connectivity index is 2.04. The summed E-state index contributed by atoms with van der Waals surface area (Å²) in [6.07, 6.45) is 1.61. The van der Waals surface area contributed by atoms with Crippen molar-refractivity contribution in [1.82, 2.24) is 4.90 Å². The first-order valence-corrected chi connectivity index (χ1v) is 6.90. The Bertz CT molecular complexity index is 528. The van der Waals surface area contributed by atoms with Crippen molar-refractivity contribution in [2.45, 2.75) is 26.7 Å². The van der Waals surface area contributed by atoms with Gasteiger partial charge in [0.05, 0.1) is 5.92 Å². The molecule has 5 nitrogen and oxygen atoms in total. The average Bonchev–Trinajstić information content (AvgIpc) is 2.43. The third kappa shape index (κ3) is 3.29. The van der Waals surface area contributed by atoms with E-state index in [4.69, 9.17) is 5.73 Å². The largest absolute Gasteiger partial charge is 0.351 e. The van der Waals surface area contributed by atoms with Crippen LogP contribution >= 0.6 is 0 Å². The van der Waals surface area contributed by atoms with Crippen molar-refractivity contribution in [2.75, 3.05) is 18.4 Å². The molecule has 0 spiro atoms. The Morgan fingerprint density at radius 3 is 2.80 bits per heavy atom. The first-order valence-electron chi connectivity index (χ1n) is 6.90. The van der Waals surface area contributed by atoms with Crippen LogP contribution in [0.25, 0.3) is 0 Å². The molecule has 0 aliphatic carbocycles. The lowest BCUT2D eigenvalue weighted by Gasteiger charge is -2.30. The van der Waals surface area contributed by atoms with Crippen LogP contribution in [0.3, 0.4) is 0 Å². The van der Waals surface area contributed by atoms with Gasteiger partial charge >= 0.3 is 6.03 Å². The summed E-state index contributed by atoms with van der Waals surface area (Å²) in [5.41, 5.74) is 8.26. The van der Waals surface area contributed by atoms with Gasteiger partial charge in [-0.25, -0.2) is 4.79 Å². The SMILES string of the molecule is Cc1ccc(C)c(NC(=O)[C@@H]2CCCN(C(N)=O)C2)c1. The zero-order valence-electron chi connectivity index (χ0n) is 12.0. The van der Waals surface area contributed by atoms with E-state index in [0.29, 0.717) is 13.1 Å². The van der Waals surface area contributed by atoms with Gasteiger partial charge in [0.2, 0.25) is 5.91 Å². The molecular formula is C15H21N3O2. The number of carbonyl (C=O) groups is 2. The van der Waals surface area contributed by atoms with Crippen LogP contribution in [0.15, 0.2) is 18.2 Å². The smallest absolute Gasteiger partial charge is 0.314 e. The summed E-state index contributed by atoms with van der Waals surface area (Å²) < 4.78 is 0. The van der Waals surface area contributed by atoms with Crippen molar-refractivity contribution in [3.63, 3.8) is 0 Å². The van der Waals surface area contributed by atoms with Crippen molar-refractivity contribution >= 4 is 17.6 Å². The van der Waals surface area contributed by atoms with Crippen LogP contribution in [0.2, 0.25) is 0 Å². The van der Waals surface area contributed by atoms with Crippen molar-refractivity contribution in [3.8, 4) is 0 Å². The maximum absolute atomic E-state index is 12.3. The van der Waals surface area contributed by atoms with Gasteiger partial charge in [-0.1, -0.05) is 12.1 Å². The number of benzene rings is 1. The van der Waals surface area contributed by atoms with Gasteiger partial charge in [0, 0.05) is 18.8 Å². The van der Waals surface area contributed by atoms with Gasteiger partial charge in [0.15, 0.2) is 0 Å². The number of nitrogens with zero attached hydrogens (tertiary/aromatic N) is 1. The van der Waals surface area contributed by atoms with Crippen molar-refractivity contribution in [3.05, 3.63) is 29.3 Å². The lowest BCUT2D eigenvalue weighted by atomic mass is 9.97. The molecule has 3 N–H and O–H groups in total. The second kappa shape index (κ2) is 5.94. The number of amides is 3. The Kier molecular flexibility index (Phi) is 4.27. The summed E-state index contributed by atoms with van der Waals surface area (Å²) in [5.74, 6) is -0.221. The number of nitrogens with two attached hydrogens (primary N) is 1. The molecule has 0 aromatic heterocycles. The number of primary amides is 1. The van der Waals surface area contributed by atoms with Crippen LogP contribution in [0.4, 0.5) is 10.5 Å². The molecule has 5 heteroatoms. The van der Waals surface area contributed by atoms with E-state index in [1.807, 2.05) is 32.0 Å². The molecule has 0 unspecified atom stereocenters. The Morgan fingerprint density at radius 1 is 1.35 bits per heavy atom. The zero-order chi connectivity index (χ0) is 14.7. The maximum Gasteiger partial charge on any atom is 0.314 e. The van der Waals surface area contributed by atoms with Crippen molar-refractivity contribution in [1.29, 1.82) is 0 Å². The number of rotatable bonds is 2. The maximum atomic E-state index is 12.3. The number of urea groups is 1. The summed E-state index contributed by atoms with van der Waals surface area (Å²) in [6.45, 7) is 5.00. The van der Waals surface area contributed by atoms with Gasteiger partial charge in [0.1, 0.15) is 0 Å². The van der Waals surface area contributed by atoms with Crippen LogP contribution < -0.4 is 11.1 Å². The number of carbonyl (C=O) groups excluding carboxylic acids is 2. The van der Waals surface area contributed by atoms with Crippen LogP contribution in [-0.4, -0.2) is 29.9 Å². The van der Waals surface area contributed by atoms with Gasteiger partial charge < -0.3 is 16.0 Å². The number of aryl methyl sites for hydroxylation is 2. The number of likely N-dealkylation sites (tertiary alicyclic amines) is 1. The normalized spacial score (nSPS) is 18.7. The standard InChI is InChI=1S/C15H21N3O2/c1-10-5-6-11(2)13(8-10)17-14(19)12-4-3-7-18(9-12)15(16)20/h5-6,8,12H,3-4,7,9H2,1-2H3,(H2,16,20)(H,17,19)/t12-/m1/s1. The minimum Gasteiger partial charge on any atom is -0.351 e. The highest BCUT2D eigenvalue weighted by Crippen LogP contribution is 2.21. The summed E-state index contributed by atoms with van der Waals surface area (Å²) >= 11 is 0. The van der Waals surface area contributed by atoms with E-state index in [2.05, 4.69) is 5.32 Å². The van der Waals surface area contributed by atoms with E-state index < -0.39 is 6.03 Å². The number of hydrogen-bond donors (Lipinski definition) is 2. The molecule has 1 fully saturated rings. The number of anilines is 1. The van der Waals surface area contributed by atoms with E-state index in [9.17, 15) is 9.59 Å². The first kappa shape index (κ1) is 14.4. The van der Waals surface area contributed by atoms with Crippen molar-refractivity contribution in [2.24, 2.45) is 11.7 Å². The zero-order valence-corrected chi connectivity index (χ0v) is 12.0. The molecule has 1 aliphatic heterocycles. The Morgan fingerprint density at radius 2 is 2.10 bits per heavy atom. The molecule has 0 saturated carbocycles. The third-order valence-corrected chi connectivity index (χ3v) is 3.75. The molecule has 0 bridgehead atoms. The Hall–Kier alpha value is -2.04. The fourth-order valence-corrected chi connectivity index (χ4v) is 2.50. The highest BCUT2D eigenvalue weighted by molar-refractivity contribution is 5.93. The van der Waals surface area contributed by atoms with Gasteiger partial charge in [-0.2, -0.15) is 0 Å². The predicted octanol–water partition coefficient (Wildman–Crippen LogP) is 2.03. The van der Waals surface area contributed by atoms with Crippen LogP contribution in [0.5, 0.6) is 0 Å². The quantitative estimate of drug-likeness (QED) is 0.866. The number of piperidine rings is 1. The van der Waals surface area contributed by atoms with Crippen LogP contribution in [0, 0.1) is 19.8 Å². The molecular weight excluding hydrogens is 254 g/mol. The van der Waals surface area contributed by atoms with Crippen LogP contribution in [-0.2, 0) is 4.79 Å². The van der Waals surface area contributed by atoms with Crippen molar-refractivity contribution < 1.29 is 9.59 Å². The highest BCUT2D eigenvalue weighted by atomic mass is 16.2. The van der Waals surface area contributed by atoms with E-state index in [0.717, 1.165) is 29.7 Å². The minimum atomic E-state index is -0.450. The molecule has 108 valence electrons. The monoisotopic (exact) mass is 275 g/mol. The van der Waals surface area contributed by atoms with E-state index in [1.165, 1.54) is 4.90 Å². The molecule has 20 heavy (non-hydrogen) atoms. The van der Waals surface area contributed by atoms with Gasteiger partial charge in [-0.05, 0) is 43.9 Å². The third-order valence-electron chi connectivity index (χ3n) is 3.75. The highest BCUT2D eigenvalue weighted by Gasteiger charge is 2.27. The van der Waals surface area contributed by atoms with E-state index >= 15 is 0 Å². The second-order valence-electron chi connectivity index (χ2n) is 5.43. The second-order valence-corrected chi connectivity index (χ2v) is 5.43. The molecule has 1 saturated heterocycles. The lowest BCUT2D eigenvalue weighted by molar-refractivity contribution is -0.121. The molecule has 3 amide bonds. The topological polar surface area (TPSA) is 75.4 Å². The molecule has 2 rings (SSSR count). The molecule has 1 heterocycles. The average molecular weight is 275 g/mol. The van der Waals surface area contributed by atoms with Gasteiger partial charge in [-0.15, -0.1) is 0 Å². The minimum absolute atomic E-state index is 0.0374. The summed E-state index contributed by atoms with van der Waals surface area (Å²) in [5, 5.41) is 2.96. The summed E-state index contributed by atoms with van der Waals surface area (Å²) in [7, 11) is 0. The Labute approximate surface area is 119 Å². The van der Waals surface area contributed by atoms with Gasteiger partial charge in [0.25, 0.3) is 0 Å². The molecule has 1 aromatic carbocycles. The number of hydrogen-bond acceptors (Lipinski definition) is 2. The van der Waals surface area contributed by atoms with E-state index in [-0.39, 0.29) is 11.8 Å². The fraction of sp³-hybridized carbons (Fsp3) is 0.467. The molecule has 0 radical (unpaired) electrons. The van der Waals surface area contributed by atoms with E-state index in [1.54, 1.807) is 0 Å². The lowest BCUT2D eigenvalue weighted by Crippen LogP contribution is -2.46. The predicted molar refractivity (Wildman–Crippen MR) is 78.4 cm³/mol. The van der Waals surface area contributed by atoms with Gasteiger partial charge in [-0.3, -0.25) is 4.79 Å². The molecule has 1 aliphatic rings. The van der Waals surface area contributed by atoms with Crippen LogP contribution in [0.1, 0.15) is 24.0 Å². The fourth-order valence-electron chi connectivity index (χ4n) is 2.50. The summed E-state index contributed by atoms with van der Waals surface area (Å²) in [4.78, 5) is 25.0. The number of nitrogens with one attached hydrogen (secondary N) is 1.